The minimum Gasteiger partial charge on any atom is -0.460 e. The fourth-order valence-corrected chi connectivity index (χ4v) is 5.07. The molecule has 0 radical (unpaired) electrons. The molecule has 9 nitrogen and oxygen atoms in total. The number of aromatic nitrogens is 2. The first-order valence-corrected chi connectivity index (χ1v) is 12.3. The van der Waals surface area contributed by atoms with Crippen LogP contribution in [-0.2, 0) is 0 Å². The van der Waals surface area contributed by atoms with Gasteiger partial charge in [-0.3, -0.25) is 9.59 Å². The lowest BCUT2D eigenvalue weighted by Crippen LogP contribution is -2.60. The highest BCUT2D eigenvalue weighted by atomic mass is 19.1. The minimum atomic E-state index is -1.01. The van der Waals surface area contributed by atoms with Crippen LogP contribution in [0.25, 0.3) is 16.5 Å². The van der Waals surface area contributed by atoms with E-state index in [1.807, 2.05) is 13.8 Å². The summed E-state index contributed by atoms with van der Waals surface area (Å²) in [7, 11) is 0. The van der Waals surface area contributed by atoms with Crippen molar-refractivity contribution in [3.63, 3.8) is 0 Å². The molecule has 192 valence electrons. The van der Waals surface area contributed by atoms with Crippen molar-refractivity contribution in [1.82, 2.24) is 19.8 Å². The predicted octanol–water partition coefficient (Wildman–Crippen LogP) is 3.93. The summed E-state index contributed by atoms with van der Waals surface area (Å²) in [6.45, 7) is 5.67. The molecule has 2 amide bonds. The van der Waals surface area contributed by atoms with Crippen LogP contribution in [0.1, 0.15) is 51.8 Å². The number of carbonyl (C=O) groups is 2. The van der Waals surface area contributed by atoms with Crippen molar-refractivity contribution in [1.29, 1.82) is 0 Å². The number of hydrogen-bond donors (Lipinski definition) is 2. The van der Waals surface area contributed by atoms with Crippen molar-refractivity contribution in [2.45, 2.75) is 58.0 Å². The molecule has 4 aromatic rings. The normalized spacial score (nSPS) is 23.1. The summed E-state index contributed by atoms with van der Waals surface area (Å²) in [4.78, 5) is 27.5. The Morgan fingerprint density at radius 2 is 2.05 bits per heavy atom. The molecule has 1 aromatic carbocycles. The summed E-state index contributed by atoms with van der Waals surface area (Å²) in [5.74, 6) is 0.922. The summed E-state index contributed by atoms with van der Waals surface area (Å²) in [6, 6.07) is 6.21. The molecule has 37 heavy (non-hydrogen) atoms. The number of halogens is 1. The smallest absolute Gasteiger partial charge is 0.256 e. The molecule has 3 aromatic heterocycles. The number of alkyl halides is 1. The molecule has 0 spiro atoms. The van der Waals surface area contributed by atoms with Crippen molar-refractivity contribution < 1.29 is 28.2 Å². The number of rotatable bonds is 5. The van der Waals surface area contributed by atoms with Gasteiger partial charge in [0.1, 0.15) is 28.8 Å². The maximum atomic E-state index is 13.6. The lowest BCUT2D eigenvalue weighted by Gasteiger charge is -2.43. The van der Waals surface area contributed by atoms with Crippen LogP contribution < -0.4 is 10.1 Å². The number of β-amino-alcohol motifs (C(OH)–C–C–N with tert-alkyl or cyclic N) is 1. The Hall–Kier alpha value is -3.92. The number of aliphatic hydroxyl groups is 1. The van der Waals surface area contributed by atoms with Crippen molar-refractivity contribution in [2.75, 3.05) is 6.54 Å². The molecule has 2 N–H and O–H groups in total. The van der Waals surface area contributed by atoms with Gasteiger partial charge in [0.05, 0.1) is 35.5 Å². The second-order valence-corrected chi connectivity index (χ2v) is 9.89. The van der Waals surface area contributed by atoms with Gasteiger partial charge in [0.2, 0.25) is 0 Å². The second kappa shape index (κ2) is 8.58. The van der Waals surface area contributed by atoms with E-state index < -0.39 is 18.3 Å². The monoisotopic (exact) mass is 506 g/mol. The van der Waals surface area contributed by atoms with Crippen molar-refractivity contribution in [3.05, 3.63) is 59.1 Å². The number of nitrogens with one attached hydrogen (secondary N) is 1. The molecule has 1 saturated carbocycles. The van der Waals surface area contributed by atoms with Crippen LogP contribution in [0.15, 0.2) is 41.1 Å². The van der Waals surface area contributed by atoms with Gasteiger partial charge in [0.25, 0.3) is 11.8 Å². The molecule has 1 aliphatic heterocycles. The van der Waals surface area contributed by atoms with Gasteiger partial charge >= 0.3 is 0 Å². The average Bonchev–Trinajstić information content (AvgIpc) is 3.40. The maximum absolute atomic E-state index is 13.6. The standard InChI is InChI=1S/C27H27FN4O5/c1-13-18(27(35)31-12-21(33)14(31)2)11-32-25(13)22(8-9-29-32)37-16-4-5-17-23(10-16)36-15(3)24(17)26(34)30-20-7-6-19(20)28/h4-5,8-11,14,19-21,33H,6-7,12H2,1-3H3,(H,30,34). The highest BCUT2D eigenvalue weighted by Crippen LogP contribution is 2.35. The molecular formula is C27H27FN4O5. The first-order valence-electron chi connectivity index (χ1n) is 12.3. The van der Waals surface area contributed by atoms with Gasteiger partial charge in [-0.2, -0.15) is 5.10 Å². The number of amides is 2. The van der Waals surface area contributed by atoms with Gasteiger partial charge < -0.3 is 24.5 Å². The molecule has 4 heterocycles. The van der Waals surface area contributed by atoms with Crippen LogP contribution >= 0.6 is 0 Å². The zero-order valence-corrected chi connectivity index (χ0v) is 20.7. The van der Waals surface area contributed by atoms with Crippen LogP contribution in [0.5, 0.6) is 11.5 Å². The SMILES string of the molecule is Cc1oc2cc(Oc3ccnn4cc(C(=O)N5CC(O)C5C)c(C)c34)ccc2c1C(=O)NC1CCC1F. The summed E-state index contributed by atoms with van der Waals surface area (Å²) in [5, 5.41) is 17.5. The molecular weight excluding hydrogens is 479 g/mol. The molecule has 0 bridgehead atoms. The highest BCUT2D eigenvalue weighted by Gasteiger charge is 2.39. The van der Waals surface area contributed by atoms with Crippen LogP contribution in [-0.4, -0.2) is 62.3 Å². The number of furan rings is 1. The van der Waals surface area contributed by atoms with Crippen LogP contribution in [0.4, 0.5) is 4.39 Å². The number of nitrogens with zero attached hydrogens (tertiary/aromatic N) is 3. The molecule has 1 aliphatic carbocycles. The molecule has 10 heteroatoms. The van der Waals surface area contributed by atoms with E-state index in [1.54, 1.807) is 53.0 Å². The van der Waals surface area contributed by atoms with E-state index in [0.29, 0.717) is 64.3 Å². The van der Waals surface area contributed by atoms with E-state index in [2.05, 4.69) is 10.4 Å². The Balaban J connectivity index is 1.29. The quantitative estimate of drug-likeness (QED) is 0.425. The van der Waals surface area contributed by atoms with Crippen molar-refractivity contribution >= 4 is 28.3 Å². The summed E-state index contributed by atoms with van der Waals surface area (Å²) >= 11 is 0. The average molecular weight is 507 g/mol. The van der Waals surface area contributed by atoms with Gasteiger partial charge in [-0.05, 0) is 51.3 Å². The van der Waals surface area contributed by atoms with Crippen LogP contribution in [0.2, 0.25) is 0 Å². The molecule has 1 saturated heterocycles. The summed E-state index contributed by atoms with van der Waals surface area (Å²) in [6.07, 6.45) is 2.84. The number of likely N-dealkylation sites (tertiary alicyclic amines) is 1. The summed E-state index contributed by atoms with van der Waals surface area (Å²) < 4.78 is 27.3. The first-order chi connectivity index (χ1) is 17.7. The van der Waals surface area contributed by atoms with Crippen LogP contribution in [0.3, 0.4) is 0 Å². The van der Waals surface area contributed by atoms with E-state index in [0.717, 1.165) is 5.56 Å². The third-order valence-electron chi connectivity index (χ3n) is 7.61. The topological polar surface area (TPSA) is 109 Å². The number of benzene rings is 1. The fourth-order valence-electron chi connectivity index (χ4n) is 5.07. The van der Waals surface area contributed by atoms with Crippen molar-refractivity contribution in [2.24, 2.45) is 0 Å². The number of ether oxygens (including phenoxy) is 1. The Kier molecular flexibility index (Phi) is 5.45. The molecule has 6 rings (SSSR count). The number of aliphatic hydroxyl groups excluding tert-OH is 1. The highest BCUT2D eigenvalue weighted by molar-refractivity contribution is 6.07. The largest absolute Gasteiger partial charge is 0.460 e. The summed E-state index contributed by atoms with van der Waals surface area (Å²) in [5.41, 5.74) is 2.73. The molecule has 2 aliphatic rings. The van der Waals surface area contributed by atoms with Gasteiger partial charge in [-0.15, -0.1) is 0 Å². The molecule has 4 atom stereocenters. The lowest BCUT2D eigenvalue weighted by atomic mass is 9.90. The van der Waals surface area contributed by atoms with Crippen molar-refractivity contribution in [3.8, 4) is 11.5 Å². The van der Waals surface area contributed by atoms with Gasteiger partial charge in [0.15, 0.2) is 5.75 Å². The van der Waals surface area contributed by atoms with E-state index in [-0.39, 0.29) is 17.9 Å². The number of hydrogen-bond acceptors (Lipinski definition) is 6. The van der Waals surface area contributed by atoms with Gasteiger partial charge in [-0.25, -0.2) is 8.91 Å². The Morgan fingerprint density at radius 1 is 1.24 bits per heavy atom. The Bertz CT molecular complexity index is 1560. The third kappa shape index (κ3) is 3.74. The Morgan fingerprint density at radius 3 is 2.73 bits per heavy atom. The zero-order chi connectivity index (χ0) is 26.0. The second-order valence-electron chi connectivity index (χ2n) is 9.89. The molecule has 4 unspecified atom stereocenters. The predicted molar refractivity (Wildman–Crippen MR) is 133 cm³/mol. The lowest BCUT2D eigenvalue weighted by molar-refractivity contribution is -0.0357. The Labute approximate surface area is 211 Å². The zero-order valence-electron chi connectivity index (χ0n) is 20.7. The van der Waals surface area contributed by atoms with E-state index in [4.69, 9.17) is 9.15 Å². The third-order valence-corrected chi connectivity index (χ3v) is 7.61. The van der Waals surface area contributed by atoms with E-state index in [9.17, 15) is 19.1 Å². The van der Waals surface area contributed by atoms with E-state index in [1.165, 1.54) is 0 Å². The van der Waals surface area contributed by atoms with Gasteiger partial charge in [-0.1, -0.05) is 0 Å². The number of carbonyl (C=O) groups excluding carboxylic acids is 2. The van der Waals surface area contributed by atoms with Crippen LogP contribution in [0, 0.1) is 13.8 Å². The van der Waals surface area contributed by atoms with Gasteiger partial charge in [0, 0.05) is 30.3 Å². The fraction of sp³-hybridized carbons (Fsp3) is 0.370. The number of fused-ring (bicyclic) bond motifs is 2. The maximum Gasteiger partial charge on any atom is 0.256 e. The molecule has 2 fully saturated rings. The number of aryl methyl sites for hydroxylation is 2. The van der Waals surface area contributed by atoms with E-state index >= 15 is 0 Å². The first kappa shape index (κ1) is 23.5. The minimum absolute atomic E-state index is 0.161.